The van der Waals surface area contributed by atoms with Crippen LogP contribution in [0, 0.1) is 0 Å². The molecule has 1 amide bonds. The number of hydrogen-bond donors (Lipinski definition) is 1. The number of piperidine rings is 1. The lowest BCUT2D eigenvalue weighted by molar-refractivity contribution is -0.129. The molecule has 0 saturated carbocycles. The summed E-state index contributed by atoms with van der Waals surface area (Å²) in [5, 5.41) is 3.57. The summed E-state index contributed by atoms with van der Waals surface area (Å²) in [6, 6.07) is 0.513. The minimum Gasteiger partial charge on any atom is -0.366 e. The maximum Gasteiger partial charge on any atom is 0.220 e. The van der Waals surface area contributed by atoms with Crippen LogP contribution < -0.4 is 5.32 Å². The van der Waals surface area contributed by atoms with E-state index in [0.29, 0.717) is 6.04 Å². The Labute approximate surface area is 131 Å². The van der Waals surface area contributed by atoms with E-state index in [2.05, 4.69) is 27.2 Å². The van der Waals surface area contributed by atoms with Crippen LogP contribution in [-0.4, -0.2) is 58.4 Å². The fourth-order valence-electron chi connectivity index (χ4n) is 3.48. The van der Waals surface area contributed by atoms with Crippen LogP contribution in [0.15, 0.2) is 12.4 Å². The van der Waals surface area contributed by atoms with Gasteiger partial charge in [-0.05, 0) is 45.8 Å². The van der Waals surface area contributed by atoms with Crippen molar-refractivity contribution in [2.24, 2.45) is 0 Å². The zero-order valence-electron chi connectivity index (χ0n) is 13.5. The third kappa shape index (κ3) is 3.21. The first kappa shape index (κ1) is 15.2. The molecule has 0 bridgehead atoms. The number of nitrogens with zero attached hydrogens (tertiary/aromatic N) is 4. The number of carbonyl (C=O) groups excluding carboxylic acids is 1. The molecule has 0 aromatic carbocycles. The normalized spacial score (nSPS) is 23.7. The van der Waals surface area contributed by atoms with Crippen molar-refractivity contribution in [2.45, 2.75) is 44.7 Å². The molecule has 22 heavy (non-hydrogen) atoms. The molecule has 1 aromatic heterocycles. The second-order valence-electron chi connectivity index (χ2n) is 6.38. The largest absolute Gasteiger partial charge is 0.366 e. The van der Waals surface area contributed by atoms with Gasteiger partial charge in [-0.2, -0.15) is 0 Å². The van der Waals surface area contributed by atoms with Gasteiger partial charge in [-0.1, -0.05) is 0 Å². The average molecular weight is 303 g/mol. The molecule has 6 heteroatoms. The summed E-state index contributed by atoms with van der Waals surface area (Å²) in [6.07, 6.45) is 7.70. The minimum atomic E-state index is 0.0694. The zero-order chi connectivity index (χ0) is 15.5. The lowest BCUT2D eigenvalue weighted by Crippen LogP contribution is -2.37. The smallest absolute Gasteiger partial charge is 0.220 e. The molecule has 120 valence electrons. The highest BCUT2D eigenvalue weighted by Crippen LogP contribution is 2.34. The maximum atomic E-state index is 11.8. The summed E-state index contributed by atoms with van der Waals surface area (Å²) >= 11 is 0. The van der Waals surface area contributed by atoms with E-state index in [-0.39, 0.29) is 11.9 Å². The SMILES string of the molecule is CC(=O)N1CCCC1c1nccnc1NC1CCN(C)CC1. The molecule has 3 heterocycles. The molecule has 1 unspecified atom stereocenters. The van der Waals surface area contributed by atoms with Gasteiger partial charge in [0.2, 0.25) is 5.91 Å². The first-order chi connectivity index (χ1) is 10.6. The number of hydrogen-bond acceptors (Lipinski definition) is 5. The molecule has 2 saturated heterocycles. The zero-order valence-corrected chi connectivity index (χ0v) is 13.5. The van der Waals surface area contributed by atoms with E-state index in [1.807, 2.05) is 4.90 Å². The summed E-state index contributed by atoms with van der Waals surface area (Å²) in [4.78, 5) is 25.1. The molecule has 3 rings (SSSR count). The molecule has 1 N–H and O–H groups in total. The number of amides is 1. The van der Waals surface area contributed by atoms with Gasteiger partial charge < -0.3 is 15.1 Å². The summed E-state index contributed by atoms with van der Waals surface area (Å²) < 4.78 is 0. The summed E-state index contributed by atoms with van der Waals surface area (Å²) in [7, 11) is 2.16. The van der Waals surface area contributed by atoms with Crippen LogP contribution in [0.4, 0.5) is 5.82 Å². The summed E-state index contributed by atoms with van der Waals surface area (Å²) in [6.45, 7) is 4.68. The third-order valence-corrected chi connectivity index (χ3v) is 4.76. The Bertz CT molecular complexity index is 527. The number of aromatic nitrogens is 2. The molecule has 0 aliphatic carbocycles. The Morgan fingerprint density at radius 2 is 1.91 bits per heavy atom. The second-order valence-corrected chi connectivity index (χ2v) is 6.38. The quantitative estimate of drug-likeness (QED) is 0.920. The van der Waals surface area contributed by atoms with Crippen molar-refractivity contribution in [3.63, 3.8) is 0 Å². The predicted octanol–water partition coefficient (Wildman–Crippen LogP) is 1.67. The highest BCUT2D eigenvalue weighted by atomic mass is 16.2. The fraction of sp³-hybridized carbons (Fsp3) is 0.688. The van der Waals surface area contributed by atoms with E-state index >= 15 is 0 Å². The summed E-state index contributed by atoms with van der Waals surface area (Å²) in [5.41, 5.74) is 0.925. The van der Waals surface area contributed by atoms with Gasteiger partial charge in [0.25, 0.3) is 0 Å². The van der Waals surface area contributed by atoms with Crippen LogP contribution >= 0.6 is 0 Å². The first-order valence-corrected chi connectivity index (χ1v) is 8.18. The van der Waals surface area contributed by atoms with Gasteiger partial charge in [0.15, 0.2) is 0 Å². The number of anilines is 1. The molecule has 1 aromatic rings. The van der Waals surface area contributed by atoms with Crippen LogP contribution in [0.2, 0.25) is 0 Å². The molecule has 1 atom stereocenters. The molecule has 2 fully saturated rings. The van der Waals surface area contributed by atoms with Crippen LogP contribution in [0.1, 0.15) is 44.3 Å². The topological polar surface area (TPSA) is 61.4 Å². The minimum absolute atomic E-state index is 0.0694. The van der Waals surface area contributed by atoms with E-state index in [1.54, 1.807) is 19.3 Å². The van der Waals surface area contributed by atoms with Gasteiger partial charge in [0.05, 0.1) is 6.04 Å². The second kappa shape index (κ2) is 6.60. The molecule has 0 radical (unpaired) electrons. The maximum absolute atomic E-state index is 11.8. The number of rotatable bonds is 3. The molecule has 6 nitrogen and oxygen atoms in total. The van der Waals surface area contributed by atoms with Gasteiger partial charge in [-0.25, -0.2) is 4.98 Å². The molecular formula is C16H25N5O. The van der Waals surface area contributed by atoms with E-state index in [4.69, 9.17) is 0 Å². The fourth-order valence-corrected chi connectivity index (χ4v) is 3.48. The highest BCUT2D eigenvalue weighted by molar-refractivity contribution is 5.74. The Morgan fingerprint density at radius 1 is 1.18 bits per heavy atom. The lowest BCUT2D eigenvalue weighted by Gasteiger charge is -2.31. The first-order valence-electron chi connectivity index (χ1n) is 8.18. The standard InChI is InChI=1S/C16H25N5O/c1-12(22)21-9-3-4-14(21)15-16(18-8-7-17-15)19-13-5-10-20(2)11-6-13/h7-8,13-14H,3-6,9-11H2,1-2H3,(H,18,19). The monoisotopic (exact) mass is 303 g/mol. The predicted molar refractivity (Wildman–Crippen MR) is 85.5 cm³/mol. The molecule has 2 aliphatic rings. The number of nitrogens with one attached hydrogen (secondary N) is 1. The Kier molecular flexibility index (Phi) is 4.57. The van der Waals surface area contributed by atoms with Gasteiger partial charge >= 0.3 is 0 Å². The summed E-state index contributed by atoms with van der Waals surface area (Å²) in [5.74, 6) is 0.980. The van der Waals surface area contributed by atoms with Crippen LogP contribution in [0.25, 0.3) is 0 Å². The third-order valence-electron chi connectivity index (χ3n) is 4.76. The van der Waals surface area contributed by atoms with Crippen LogP contribution in [0.3, 0.4) is 0 Å². The van der Waals surface area contributed by atoms with E-state index < -0.39 is 0 Å². The van der Waals surface area contributed by atoms with Crippen molar-refractivity contribution in [1.29, 1.82) is 0 Å². The number of likely N-dealkylation sites (tertiary alicyclic amines) is 2. The average Bonchev–Trinajstić information content (AvgIpc) is 3.00. The van der Waals surface area contributed by atoms with Crippen LogP contribution in [-0.2, 0) is 4.79 Å². The van der Waals surface area contributed by atoms with Crippen LogP contribution in [0.5, 0.6) is 0 Å². The lowest BCUT2D eigenvalue weighted by atomic mass is 10.0. The van der Waals surface area contributed by atoms with Crippen molar-refractivity contribution in [2.75, 3.05) is 32.0 Å². The van der Waals surface area contributed by atoms with Gasteiger partial charge in [-0.3, -0.25) is 9.78 Å². The van der Waals surface area contributed by atoms with Gasteiger partial charge in [-0.15, -0.1) is 0 Å². The van der Waals surface area contributed by atoms with Crippen molar-refractivity contribution in [3.05, 3.63) is 18.1 Å². The van der Waals surface area contributed by atoms with Crippen molar-refractivity contribution in [3.8, 4) is 0 Å². The Balaban J connectivity index is 1.76. The van der Waals surface area contributed by atoms with E-state index in [9.17, 15) is 4.79 Å². The highest BCUT2D eigenvalue weighted by Gasteiger charge is 2.31. The van der Waals surface area contributed by atoms with Gasteiger partial charge in [0.1, 0.15) is 11.5 Å². The molecular weight excluding hydrogens is 278 g/mol. The Hall–Kier alpha value is -1.69. The van der Waals surface area contributed by atoms with Crippen molar-refractivity contribution in [1.82, 2.24) is 19.8 Å². The molecule has 2 aliphatic heterocycles. The van der Waals surface area contributed by atoms with Gasteiger partial charge in [0, 0.05) is 31.9 Å². The van der Waals surface area contributed by atoms with Crippen molar-refractivity contribution < 1.29 is 4.79 Å². The van der Waals surface area contributed by atoms with Crippen molar-refractivity contribution >= 4 is 11.7 Å². The molecule has 0 spiro atoms. The Morgan fingerprint density at radius 3 is 2.64 bits per heavy atom. The van der Waals surface area contributed by atoms with E-state index in [1.165, 1.54) is 0 Å². The van der Waals surface area contributed by atoms with E-state index in [0.717, 1.165) is 56.8 Å². The number of carbonyl (C=O) groups is 1.